The van der Waals surface area contributed by atoms with Crippen LogP contribution in [0.4, 0.5) is 0 Å². The van der Waals surface area contributed by atoms with E-state index in [9.17, 15) is 9.59 Å². The van der Waals surface area contributed by atoms with Gasteiger partial charge in [-0.15, -0.1) is 0 Å². The molecule has 0 aliphatic carbocycles. The summed E-state index contributed by atoms with van der Waals surface area (Å²) in [7, 11) is 0. The standard InChI is InChI=1S/C17H21NO6/c1-17(2,11-3-4-12-13(9-11)24-8-7-23-12)16(21)18-5-6-22-14(10-18)15(19)20/h3-4,9,14H,5-8,10H2,1-2H3,(H,19,20)/t14-/m0/s1. The number of benzene rings is 1. The molecule has 0 radical (unpaired) electrons. The van der Waals surface area contributed by atoms with E-state index in [0.29, 0.717) is 31.3 Å². The first-order valence-corrected chi connectivity index (χ1v) is 7.93. The number of hydrogen-bond acceptors (Lipinski definition) is 5. The first kappa shape index (κ1) is 16.6. The molecule has 0 saturated carbocycles. The molecule has 1 fully saturated rings. The Morgan fingerprint density at radius 2 is 1.88 bits per heavy atom. The smallest absolute Gasteiger partial charge is 0.334 e. The van der Waals surface area contributed by atoms with Crippen molar-refractivity contribution in [1.82, 2.24) is 4.90 Å². The molecule has 1 N–H and O–H groups in total. The highest BCUT2D eigenvalue weighted by Crippen LogP contribution is 2.36. The summed E-state index contributed by atoms with van der Waals surface area (Å²) in [6.07, 6.45) is -0.973. The maximum atomic E-state index is 13.0. The Kier molecular flexibility index (Phi) is 4.36. The molecule has 1 atom stereocenters. The van der Waals surface area contributed by atoms with Gasteiger partial charge in [0.15, 0.2) is 17.6 Å². The average Bonchev–Trinajstić information content (AvgIpc) is 2.60. The van der Waals surface area contributed by atoms with Crippen LogP contribution in [0.2, 0.25) is 0 Å². The zero-order valence-corrected chi connectivity index (χ0v) is 13.8. The number of nitrogens with zero attached hydrogens (tertiary/aromatic N) is 1. The van der Waals surface area contributed by atoms with E-state index in [4.69, 9.17) is 19.3 Å². The Labute approximate surface area is 140 Å². The average molecular weight is 335 g/mol. The molecule has 0 bridgehead atoms. The summed E-state index contributed by atoms with van der Waals surface area (Å²) in [5, 5.41) is 9.10. The number of carbonyl (C=O) groups excluding carboxylic acids is 1. The van der Waals surface area contributed by atoms with Crippen LogP contribution in [0, 0.1) is 0 Å². The Hall–Kier alpha value is -2.28. The van der Waals surface area contributed by atoms with Gasteiger partial charge >= 0.3 is 5.97 Å². The van der Waals surface area contributed by atoms with Crippen LogP contribution in [0.5, 0.6) is 11.5 Å². The Morgan fingerprint density at radius 3 is 2.58 bits per heavy atom. The SMILES string of the molecule is CC(C)(C(=O)N1CCO[C@H](C(=O)O)C1)c1ccc2c(c1)OCCO2. The fourth-order valence-electron chi connectivity index (χ4n) is 2.93. The highest BCUT2D eigenvalue weighted by atomic mass is 16.6. The Morgan fingerprint density at radius 1 is 1.17 bits per heavy atom. The molecule has 2 aliphatic rings. The molecular weight excluding hydrogens is 314 g/mol. The van der Waals surface area contributed by atoms with Crippen LogP contribution in [0.1, 0.15) is 19.4 Å². The summed E-state index contributed by atoms with van der Waals surface area (Å²) < 4.78 is 16.3. The van der Waals surface area contributed by atoms with Gasteiger partial charge in [-0.05, 0) is 31.5 Å². The van der Waals surface area contributed by atoms with Gasteiger partial charge in [0.25, 0.3) is 0 Å². The summed E-state index contributed by atoms with van der Waals surface area (Å²) in [6.45, 7) is 5.31. The van der Waals surface area contributed by atoms with E-state index in [0.717, 1.165) is 5.56 Å². The molecule has 130 valence electrons. The van der Waals surface area contributed by atoms with Crippen LogP contribution in [0.25, 0.3) is 0 Å². The van der Waals surface area contributed by atoms with E-state index in [1.807, 2.05) is 26.0 Å². The Balaban J connectivity index is 1.81. The van der Waals surface area contributed by atoms with E-state index < -0.39 is 17.5 Å². The zero-order valence-electron chi connectivity index (χ0n) is 13.8. The van der Waals surface area contributed by atoms with Crippen molar-refractivity contribution in [1.29, 1.82) is 0 Å². The first-order valence-electron chi connectivity index (χ1n) is 7.93. The Bertz CT molecular complexity index is 656. The molecule has 2 aliphatic heterocycles. The third-order valence-electron chi connectivity index (χ3n) is 4.43. The minimum absolute atomic E-state index is 0.0577. The van der Waals surface area contributed by atoms with E-state index >= 15 is 0 Å². The van der Waals surface area contributed by atoms with Crippen LogP contribution in [0.15, 0.2) is 18.2 Å². The van der Waals surface area contributed by atoms with Crippen LogP contribution in [-0.2, 0) is 19.7 Å². The number of rotatable bonds is 3. The quantitative estimate of drug-likeness (QED) is 0.889. The highest BCUT2D eigenvalue weighted by molar-refractivity contribution is 5.88. The molecule has 0 unspecified atom stereocenters. The summed E-state index contributed by atoms with van der Waals surface area (Å²) in [4.78, 5) is 25.6. The monoisotopic (exact) mass is 335 g/mol. The number of hydrogen-bond donors (Lipinski definition) is 1. The van der Waals surface area contributed by atoms with Crippen LogP contribution in [-0.4, -0.2) is 60.9 Å². The van der Waals surface area contributed by atoms with Gasteiger partial charge in [0.05, 0.1) is 18.6 Å². The van der Waals surface area contributed by atoms with E-state index in [1.165, 1.54) is 0 Å². The lowest BCUT2D eigenvalue weighted by Crippen LogP contribution is -2.53. The minimum Gasteiger partial charge on any atom is -0.486 e. The number of carboxylic acids is 1. The maximum Gasteiger partial charge on any atom is 0.334 e. The summed E-state index contributed by atoms with van der Waals surface area (Å²) >= 11 is 0. The van der Waals surface area contributed by atoms with E-state index in [2.05, 4.69) is 0 Å². The molecule has 2 heterocycles. The van der Waals surface area contributed by atoms with E-state index in [-0.39, 0.29) is 19.1 Å². The molecular formula is C17H21NO6. The molecule has 1 saturated heterocycles. The molecule has 7 nitrogen and oxygen atoms in total. The van der Waals surface area contributed by atoms with Gasteiger partial charge in [-0.1, -0.05) is 6.07 Å². The lowest BCUT2D eigenvalue weighted by Gasteiger charge is -2.36. The second-order valence-electron chi connectivity index (χ2n) is 6.43. The number of amides is 1. The van der Waals surface area contributed by atoms with Gasteiger partial charge in [-0.3, -0.25) is 4.79 Å². The highest BCUT2D eigenvalue weighted by Gasteiger charge is 2.38. The lowest BCUT2D eigenvalue weighted by molar-refractivity contribution is -0.160. The number of aliphatic carboxylic acids is 1. The van der Waals surface area contributed by atoms with Crippen LogP contribution in [0.3, 0.4) is 0 Å². The van der Waals surface area contributed by atoms with Crippen molar-refractivity contribution in [2.24, 2.45) is 0 Å². The fraction of sp³-hybridized carbons (Fsp3) is 0.529. The normalized spacial score (nSPS) is 20.6. The van der Waals surface area contributed by atoms with Crippen molar-refractivity contribution >= 4 is 11.9 Å². The molecule has 1 amide bonds. The van der Waals surface area contributed by atoms with Gasteiger partial charge in [-0.2, -0.15) is 0 Å². The van der Waals surface area contributed by atoms with Crippen molar-refractivity contribution in [3.8, 4) is 11.5 Å². The van der Waals surface area contributed by atoms with Crippen molar-refractivity contribution in [2.75, 3.05) is 32.9 Å². The van der Waals surface area contributed by atoms with Gasteiger partial charge in [0, 0.05) is 6.54 Å². The predicted octanol–water partition coefficient (Wildman–Crippen LogP) is 1.05. The third kappa shape index (κ3) is 3.03. The fourth-order valence-corrected chi connectivity index (χ4v) is 2.93. The lowest BCUT2D eigenvalue weighted by atomic mass is 9.82. The number of carboxylic acid groups (broad SMARTS) is 1. The van der Waals surface area contributed by atoms with E-state index in [1.54, 1.807) is 11.0 Å². The predicted molar refractivity (Wildman–Crippen MR) is 84.4 cm³/mol. The topological polar surface area (TPSA) is 85.3 Å². The van der Waals surface area contributed by atoms with Crippen molar-refractivity contribution < 1.29 is 28.9 Å². The minimum atomic E-state index is -1.05. The first-order chi connectivity index (χ1) is 11.4. The molecule has 0 spiro atoms. The van der Waals surface area contributed by atoms with Gasteiger partial charge < -0.3 is 24.2 Å². The number of fused-ring (bicyclic) bond motifs is 1. The molecule has 1 aromatic rings. The summed E-state index contributed by atoms with van der Waals surface area (Å²) in [5.41, 5.74) is -0.00826. The van der Waals surface area contributed by atoms with Crippen molar-refractivity contribution in [3.63, 3.8) is 0 Å². The molecule has 1 aromatic carbocycles. The number of ether oxygens (including phenoxy) is 3. The largest absolute Gasteiger partial charge is 0.486 e. The summed E-state index contributed by atoms with van der Waals surface area (Å²) in [5.74, 6) is 0.119. The zero-order chi connectivity index (χ0) is 17.3. The van der Waals surface area contributed by atoms with Crippen molar-refractivity contribution in [3.05, 3.63) is 23.8 Å². The van der Waals surface area contributed by atoms with Gasteiger partial charge in [-0.25, -0.2) is 4.79 Å². The second kappa shape index (κ2) is 6.32. The van der Waals surface area contributed by atoms with Crippen LogP contribution >= 0.6 is 0 Å². The molecule has 0 aromatic heterocycles. The number of morpholine rings is 1. The summed E-state index contributed by atoms with van der Waals surface area (Å²) in [6, 6.07) is 5.47. The van der Waals surface area contributed by atoms with Crippen molar-refractivity contribution in [2.45, 2.75) is 25.4 Å². The molecule has 24 heavy (non-hydrogen) atoms. The number of carbonyl (C=O) groups is 2. The van der Waals surface area contributed by atoms with Gasteiger partial charge in [0.1, 0.15) is 13.2 Å². The molecule has 3 rings (SSSR count). The third-order valence-corrected chi connectivity index (χ3v) is 4.43. The second-order valence-corrected chi connectivity index (χ2v) is 6.43. The molecule has 7 heteroatoms. The maximum absolute atomic E-state index is 13.0. The van der Waals surface area contributed by atoms with Crippen LogP contribution < -0.4 is 9.47 Å². The van der Waals surface area contributed by atoms with Gasteiger partial charge in [0.2, 0.25) is 5.91 Å².